The molecule has 0 spiro atoms. The van der Waals surface area contributed by atoms with Gasteiger partial charge in [-0.1, -0.05) is 27.7 Å². The first-order valence-corrected chi connectivity index (χ1v) is 8.72. The van der Waals surface area contributed by atoms with Crippen LogP contribution in [0.1, 0.15) is 52.0 Å². The molecule has 23 heavy (non-hydrogen) atoms. The zero-order chi connectivity index (χ0) is 17.2. The number of hydrogen-bond donors (Lipinski definition) is 0. The molecular formula is C19H33NO3. The van der Waals surface area contributed by atoms with E-state index in [1.54, 1.807) is 14.2 Å². The molecule has 1 rings (SSSR count). The average Bonchev–Trinajstić information content (AvgIpc) is 2.60. The smallest absolute Gasteiger partial charge is 0.203 e. The van der Waals surface area contributed by atoms with Gasteiger partial charge in [-0.05, 0) is 49.5 Å². The lowest BCUT2D eigenvalue weighted by molar-refractivity contribution is 0.240. The lowest BCUT2D eigenvalue weighted by atomic mass is 9.98. The van der Waals surface area contributed by atoms with Gasteiger partial charge in [0.25, 0.3) is 0 Å². The molecule has 4 nitrogen and oxygen atoms in total. The molecule has 0 radical (unpaired) electrons. The summed E-state index contributed by atoms with van der Waals surface area (Å²) in [5, 5.41) is 0. The van der Waals surface area contributed by atoms with E-state index in [0.717, 1.165) is 44.0 Å². The zero-order valence-corrected chi connectivity index (χ0v) is 15.6. The number of methoxy groups -OCH3 is 2. The standard InChI is InChI=1S/C19H33NO3/c1-7-15(4)16-13-17(21-5)19(22-6)18(14-16)23-12-10-11-20(8-2)9-3/h13-15H,7-12H2,1-6H3. The minimum atomic E-state index is 0.466. The molecule has 1 unspecified atom stereocenters. The summed E-state index contributed by atoms with van der Waals surface area (Å²) >= 11 is 0. The maximum Gasteiger partial charge on any atom is 0.203 e. The van der Waals surface area contributed by atoms with Gasteiger partial charge in [0, 0.05) is 6.54 Å². The first-order chi connectivity index (χ1) is 11.1. The van der Waals surface area contributed by atoms with Crippen LogP contribution in [0.4, 0.5) is 0 Å². The second kappa shape index (κ2) is 10.4. The minimum Gasteiger partial charge on any atom is -0.493 e. The lowest BCUT2D eigenvalue weighted by Gasteiger charge is -2.20. The van der Waals surface area contributed by atoms with E-state index in [1.807, 2.05) is 0 Å². The molecule has 0 amide bonds. The second-order valence-corrected chi connectivity index (χ2v) is 5.79. The zero-order valence-electron chi connectivity index (χ0n) is 15.6. The third-order valence-electron chi connectivity index (χ3n) is 4.42. The molecule has 0 aliphatic heterocycles. The molecule has 0 N–H and O–H groups in total. The monoisotopic (exact) mass is 323 g/mol. The molecule has 4 heteroatoms. The van der Waals surface area contributed by atoms with Crippen molar-refractivity contribution in [3.63, 3.8) is 0 Å². The third kappa shape index (κ3) is 5.61. The van der Waals surface area contributed by atoms with E-state index in [9.17, 15) is 0 Å². The first kappa shape index (κ1) is 19.6. The largest absolute Gasteiger partial charge is 0.493 e. The maximum atomic E-state index is 6.01. The predicted octanol–water partition coefficient (Wildman–Crippen LogP) is 4.33. The van der Waals surface area contributed by atoms with Crippen molar-refractivity contribution < 1.29 is 14.2 Å². The van der Waals surface area contributed by atoms with Crippen molar-refractivity contribution >= 4 is 0 Å². The molecule has 0 aliphatic carbocycles. The maximum absolute atomic E-state index is 6.01. The Morgan fingerprint density at radius 1 is 1.00 bits per heavy atom. The number of benzene rings is 1. The SMILES string of the molecule is CCC(C)c1cc(OC)c(OC)c(OCCCN(CC)CC)c1. The van der Waals surface area contributed by atoms with E-state index < -0.39 is 0 Å². The Labute approximate surface area is 141 Å². The third-order valence-corrected chi connectivity index (χ3v) is 4.42. The van der Waals surface area contributed by atoms with Crippen LogP contribution >= 0.6 is 0 Å². The Hall–Kier alpha value is -1.42. The highest BCUT2D eigenvalue weighted by molar-refractivity contribution is 5.54. The first-order valence-electron chi connectivity index (χ1n) is 8.72. The quantitative estimate of drug-likeness (QED) is 0.567. The van der Waals surface area contributed by atoms with Crippen LogP contribution in [0.3, 0.4) is 0 Å². The van der Waals surface area contributed by atoms with Gasteiger partial charge in [0.1, 0.15) is 0 Å². The molecule has 1 aromatic carbocycles. The van der Waals surface area contributed by atoms with Crippen molar-refractivity contribution in [1.82, 2.24) is 4.90 Å². The Bertz CT molecular complexity index is 458. The van der Waals surface area contributed by atoms with E-state index in [1.165, 1.54) is 5.56 Å². The van der Waals surface area contributed by atoms with Gasteiger partial charge in [-0.2, -0.15) is 0 Å². The summed E-state index contributed by atoms with van der Waals surface area (Å²) < 4.78 is 17.0. The average molecular weight is 323 g/mol. The van der Waals surface area contributed by atoms with Gasteiger partial charge in [0.2, 0.25) is 5.75 Å². The number of nitrogens with zero attached hydrogens (tertiary/aromatic N) is 1. The highest BCUT2D eigenvalue weighted by Crippen LogP contribution is 2.40. The van der Waals surface area contributed by atoms with Gasteiger partial charge in [0.15, 0.2) is 11.5 Å². The van der Waals surface area contributed by atoms with Gasteiger partial charge in [-0.25, -0.2) is 0 Å². The predicted molar refractivity (Wildman–Crippen MR) is 96.2 cm³/mol. The van der Waals surface area contributed by atoms with E-state index in [2.05, 4.69) is 44.7 Å². The minimum absolute atomic E-state index is 0.466. The van der Waals surface area contributed by atoms with Crippen molar-refractivity contribution in [2.24, 2.45) is 0 Å². The molecular weight excluding hydrogens is 290 g/mol. The number of rotatable bonds is 11. The molecule has 132 valence electrons. The Kier molecular flexibility index (Phi) is 8.85. The van der Waals surface area contributed by atoms with Crippen molar-refractivity contribution in [1.29, 1.82) is 0 Å². The van der Waals surface area contributed by atoms with Gasteiger partial charge >= 0.3 is 0 Å². The topological polar surface area (TPSA) is 30.9 Å². The van der Waals surface area contributed by atoms with Gasteiger partial charge in [0.05, 0.1) is 20.8 Å². The van der Waals surface area contributed by atoms with Crippen LogP contribution in [0.25, 0.3) is 0 Å². The molecule has 0 heterocycles. The van der Waals surface area contributed by atoms with Crippen LogP contribution in [0.2, 0.25) is 0 Å². The van der Waals surface area contributed by atoms with Crippen molar-refractivity contribution in [3.8, 4) is 17.2 Å². The Morgan fingerprint density at radius 3 is 2.17 bits per heavy atom. The van der Waals surface area contributed by atoms with Crippen LogP contribution in [-0.2, 0) is 0 Å². The molecule has 1 aromatic rings. The summed E-state index contributed by atoms with van der Waals surface area (Å²) in [5.41, 5.74) is 1.23. The van der Waals surface area contributed by atoms with E-state index >= 15 is 0 Å². The van der Waals surface area contributed by atoms with Gasteiger partial charge < -0.3 is 19.1 Å². The molecule has 0 saturated heterocycles. The van der Waals surface area contributed by atoms with E-state index in [4.69, 9.17) is 14.2 Å². The van der Waals surface area contributed by atoms with Gasteiger partial charge in [-0.15, -0.1) is 0 Å². The van der Waals surface area contributed by atoms with Crippen molar-refractivity contribution in [3.05, 3.63) is 17.7 Å². The molecule has 1 atom stereocenters. The molecule has 0 aromatic heterocycles. The van der Waals surface area contributed by atoms with Crippen LogP contribution in [0, 0.1) is 0 Å². The fourth-order valence-corrected chi connectivity index (χ4v) is 2.59. The fourth-order valence-electron chi connectivity index (χ4n) is 2.59. The number of ether oxygens (including phenoxy) is 3. The number of hydrogen-bond acceptors (Lipinski definition) is 4. The normalized spacial score (nSPS) is 12.3. The fraction of sp³-hybridized carbons (Fsp3) is 0.684. The Morgan fingerprint density at radius 2 is 1.65 bits per heavy atom. The van der Waals surface area contributed by atoms with Crippen molar-refractivity contribution in [2.45, 2.75) is 46.5 Å². The summed E-state index contributed by atoms with van der Waals surface area (Å²) in [5.74, 6) is 2.67. The highest BCUT2D eigenvalue weighted by atomic mass is 16.5. The highest BCUT2D eigenvalue weighted by Gasteiger charge is 2.16. The van der Waals surface area contributed by atoms with Crippen LogP contribution < -0.4 is 14.2 Å². The van der Waals surface area contributed by atoms with Gasteiger partial charge in [-0.3, -0.25) is 0 Å². The summed E-state index contributed by atoms with van der Waals surface area (Å²) in [6.07, 6.45) is 2.08. The van der Waals surface area contributed by atoms with E-state index in [0.29, 0.717) is 18.3 Å². The van der Waals surface area contributed by atoms with E-state index in [-0.39, 0.29) is 0 Å². The molecule has 0 saturated carbocycles. The van der Waals surface area contributed by atoms with Crippen LogP contribution in [0.5, 0.6) is 17.2 Å². The summed E-state index contributed by atoms with van der Waals surface area (Å²) in [6, 6.07) is 4.14. The second-order valence-electron chi connectivity index (χ2n) is 5.79. The summed E-state index contributed by atoms with van der Waals surface area (Å²) in [6.45, 7) is 12.7. The summed E-state index contributed by atoms with van der Waals surface area (Å²) in [4.78, 5) is 2.40. The summed E-state index contributed by atoms with van der Waals surface area (Å²) in [7, 11) is 3.33. The lowest BCUT2D eigenvalue weighted by Crippen LogP contribution is -2.25. The molecule has 0 aliphatic rings. The van der Waals surface area contributed by atoms with Crippen LogP contribution in [-0.4, -0.2) is 45.4 Å². The van der Waals surface area contributed by atoms with Crippen LogP contribution in [0.15, 0.2) is 12.1 Å². The Balaban J connectivity index is 2.82. The van der Waals surface area contributed by atoms with Crippen molar-refractivity contribution in [2.75, 3.05) is 40.5 Å². The molecule has 0 fully saturated rings. The molecule has 0 bridgehead atoms.